The quantitative estimate of drug-likeness (QED) is 0.312. The van der Waals surface area contributed by atoms with Gasteiger partial charge in [0.1, 0.15) is 5.56 Å². The summed E-state index contributed by atoms with van der Waals surface area (Å²) in [6.45, 7) is 1.52. The number of hydrogen-bond donors (Lipinski definition) is 3. The fraction of sp³-hybridized carbons (Fsp3) is 0.250. The second-order valence-corrected chi connectivity index (χ2v) is 6.25. The van der Waals surface area contributed by atoms with E-state index in [1.165, 1.54) is 27.2 Å². The highest BCUT2D eigenvalue weighted by molar-refractivity contribution is 5.99. The van der Waals surface area contributed by atoms with Gasteiger partial charge in [0.25, 0.3) is 17.5 Å². The van der Waals surface area contributed by atoms with Crippen LogP contribution in [0.5, 0.6) is 11.5 Å². The predicted molar refractivity (Wildman–Crippen MR) is 112 cm³/mol. The van der Waals surface area contributed by atoms with Crippen molar-refractivity contribution < 1.29 is 28.8 Å². The minimum absolute atomic E-state index is 0.0417. The van der Waals surface area contributed by atoms with Crippen molar-refractivity contribution in [2.45, 2.75) is 6.92 Å². The Balaban J connectivity index is 1.95. The molecule has 0 saturated heterocycles. The van der Waals surface area contributed by atoms with E-state index in [1.807, 2.05) is 0 Å². The molecule has 164 valence electrons. The summed E-state index contributed by atoms with van der Waals surface area (Å²) in [6, 6.07) is 8.61. The van der Waals surface area contributed by atoms with Crippen LogP contribution in [0.25, 0.3) is 0 Å². The number of nitrogens with one attached hydrogen (secondary N) is 3. The molecular formula is C20H22N4O7. The van der Waals surface area contributed by atoms with E-state index in [0.717, 1.165) is 6.07 Å². The van der Waals surface area contributed by atoms with Gasteiger partial charge in [-0.05, 0) is 24.3 Å². The summed E-state index contributed by atoms with van der Waals surface area (Å²) in [4.78, 5) is 46.2. The van der Waals surface area contributed by atoms with Crippen molar-refractivity contribution in [3.8, 4) is 11.5 Å². The lowest BCUT2D eigenvalue weighted by Crippen LogP contribution is -2.35. The molecule has 0 aromatic heterocycles. The summed E-state index contributed by atoms with van der Waals surface area (Å²) in [5, 5.41) is 19.0. The molecule has 0 aliphatic rings. The third-order valence-electron chi connectivity index (χ3n) is 4.11. The second-order valence-electron chi connectivity index (χ2n) is 6.25. The minimum atomic E-state index is -0.693. The Labute approximate surface area is 177 Å². The number of benzene rings is 2. The third kappa shape index (κ3) is 6.16. The van der Waals surface area contributed by atoms with Gasteiger partial charge in [-0.3, -0.25) is 24.5 Å². The molecule has 0 aliphatic heterocycles. The molecule has 3 amide bonds. The maximum Gasteiger partial charge on any atom is 0.286 e. The van der Waals surface area contributed by atoms with Crippen molar-refractivity contribution in [2.24, 2.45) is 0 Å². The number of hydrogen-bond acceptors (Lipinski definition) is 7. The zero-order chi connectivity index (χ0) is 23.0. The molecule has 0 heterocycles. The van der Waals surface area contributed by atoms with Crippen LogP contribution < -0.4 is 25.4 Å². The van der Waals surface area contributed by atoms with E-state index < -0.39 is 16.5 Å². The second kappa shape index (κ2) is 10.6. The van der Waals surface area contributed by atoms with Crippen molar-refractivity contribution in [3.63, 3.8) is 0 Å². The number of anilines is 1. The number of nitro benzene ring substituents is 1. The molecule has 0 bridgehead atoms. The van der Waals surface area contributed by atoms with Gasteiger partial charge in [0.05, 0.1) is 25.2 Å². The largest absolute Gasteiger partial charge is 0.493 e. The molecule has 2 aromatic rings. The average molecular weight is 430 g/mol. The molecule has 31 heavy (non-hydrogen) atoms. The van der Waals surface area contributed by atoms with Gasteiger partial charge >= 0.3 is 0 Å². The number of ether oxygens (including phenoxy) is 2. The zero-order valence-corrected chi connectivity index (χ0v) is 17.2. The smallest absolute Gasteiger partial charge is 0.286 e. The fourth-order valence-electron chi connectivity index (χ4n) is 2.66. The first kappa shape index (κ1) is 23.1. The SMILES string of the molecule is COc1cc(C(=O)NCCNC(=O)c2ccc(NC(C)=O)cc2)c([N+](=O)[O-])cc1OC. The van der Waals surface area contributed by atoms with Crippen LogP contribution >= 0.6 is 0 Å². The van der Waals surface area contributed by atoms with E-state index in [-0.39, 0.29) is 42.0 Å². The minimum Gasteiger partial charge on any atom is -0.493 e. The van der Waals surface area contributed by atoms with Crippen LogP contribution in [-0.2, 0) is 4.79 Å². The number of carbonyl (C=O) groups is 3. The van der Waals surface area contributed by atoms with Crippen molar-refractivity contribution in [1.29, 1.82) is 0 Å². The van der Waals surface area contributed by atoms with E-state index in [4.69, 9.17) is 9.47 Å². The lowest BCUT2D eigenvalue weighted by Gasteiger charge is -2.11. The number of nitrogens with zero attached hydrogens (tertiary/aromatic N) is 1. The summed E-state index contributed by atoms with van der Waals surface area (Å²) in [5.41, 5.74) is 0.310. The molecule has 3 N–H and O–H groups in total. The summed E-state index contributed by atoms with van der Waals surface area (Å²) < 4.78 is 10.1. The molecule has 2 aromatic carbocycles. The standard InChI is InChI=1S/C20H22N4O7/c1-12(25)23-14-6-4-13(5-7-14)19(26)21-8-9-22-20(27)15-10-17(30-2)18(31-3)11-16(15)24(28)29/h4-7,10-11H,8-9H2,1-3H3,(H,21,26)(H,22,27)(H,23,25). The monoisotopic (exact) mass is 430 g/mol. The van der Waals surface area contributed by atoms with Crippen molar-refractivity contribution >= 4 is 29.1 Å². The lowest BCUT2D eigenvalue weighted by atomic mass is 10.1. The molecule has 2 rings (SSSR count). The van der Waals surface area contributed by atoms with Gasteiger partial charge in [-0.25, -0.2) is 0 Å². The molecule has 0 radical (unpaired) electrons. The lowest BCUT2D eigenvalue weighted by molar-refractivity contribution is -0.385. The maximum atomic E-state index is 12.4. The molecule has 0 aliphatic carbocycles. The summed E-state index contributed by atoms with van der Waals surface area (Å²) >= 11 is 0. The van der Waals surface area contributed by atoms with Gasteiger partial charge in [0.2, 0.25) is 5.91 Å². The van der Waals surface area contributed by atoms with E-state index in [9.17, 15) is 24.5 Å². The van der Waals surface area contributed by atoms with Crippen LogP contribution in [0.3, 0.4) is 0 Å². The highest BCUT2D eigenvalue weighted by Gasteiger charge is 2.24. The average Bonchev–Trinajstić information content (AvgIpc) is 2.75. The predicted octanol–water partition coefficient (Wildman–Crippen LogP) is 1.73. The molecule has 0 fully saturated rings. The number of methoxy groups -OCH3 is 2. The molecule has 0 unspecified atom stereocenters. The van der Waals surface area contributed by atoms with Crippen molar-refractivity contribution in [1.82, 2.24) is 10.6 Å². The van der Waals surface area contributed by atoms with Gasteiger partial charge in [-0.15, -0.1) is 0 Å². The molecule has 11 heteroatoms. The van der Waals surface area contributed by atoms with Crippen molar-refractivity contribution in [2.75, 3.05) is 32.6 Å². The van der Waals surface area contributed by atoms with Crippen LogP contribution in [0.1, 0.15) is 27.6 Å². The van der Waals surface area contributed by atoms with E-state index in [0.29, 0.717) is 11.3 Å². The molecular weight excluding hydrogens is 408 g/mol. The first-order valence-corrected chi connectivity index (χ1v) is 9.11. The van der Waals surface area contributed by atoms with Crippen LogP contribution in [0.2, 0.25) is 0 Å². The first-order chi connectivity index (χ1) is 14.8. The van der Waals surface area contributed by atoms with Crippen LogP contribution in [0.15, 0.2) is 36.4 Å². The van der Waals surface area contributed by atoms with Gasteiger partial charge in [0, 0.05) is 37.3 Å². The van der Waals surface area contributed by atoms with Gasteiger partial charge in [-0.2, -0.15) is 0 Å². The van der Waals surface area contributed by atoms with Gasteiger partial charge < -0.3 is 25.4 Å². The highest BCUT2D eigenvalue weighted by atomic mass is 16.6. The normalized spacial score (nSPS) is 10.0. The topological polar surface area (TPSA) is 149 Å². The summed E-state index contributed by atoms with van der Waals surface area (Å²) in [6.07, 6.45) is 0. The van der Waals surface area contributed by atoms with Crippen LogP contribution in [-0.4, -0.2) is 50.0 Å². The first-order valence-electron chi connectivity index (χ1n) is 9.11. The molecule has 0 saturated carbocycles. The summed E-state index contributed by atoms with van der Waals surface area (Å²) in [5.74, 6) is -0.984. The number of nitro groups is 1. The Morgan fingerprint density at radius 2 is 1.48 bits per heavy atom. The van der Waals surface area contributed by atoms with E-state index in [1.54, 1.807) is 24.3 Å². The Morgan fingerprint density at radius 3 is 2.00 bits per heavy atom. The van der Waals surface area contributed by atoms with Crippen LogP contribution in [0.4, 0.5) is 11.4 Å². The Hall–Kier alpha value is -4.15. The summed E-state index contributed by atoms with van der Waals surface area (Å²) in [7, 11) is 2.68. The van der Waals surface area contributed by atoms with E-state index >= 15 is 0 Å². The number of amides is 3. The fourth-order valence-corrected chi connectivity index (χ4v) is 2.66. The van der Waals surface area contributed by atoms with Gasteiger partial charge in [0.15, 0.2) is 11.5 Å². The van der Waals surface area contributed by atoms with Gasteiger partial charge in [-0.1, -0.05) is 0 Å². The number of carbonyl (C=O) groups excluding carboxylic acids is 3. The maximum absolute atomic E-state index is 12.4. The molecule has 0 atom stereocenters. The highest BCUT2D eigenvalue weighted by Crippen LogP contribution is 2.34. The molecule has 11 nitrogen and oxygen atoms in total. The third-order valence-corrected chi connectivity index (χ3v) is 4.11. The van der Waals surface area contributed by atoms with E-state index in [2.05, 4.69) is 16.0 Å². The van der Waals surface area contributed by atoms with Crippen molar-refractivity contribution in [3.05, 3.63) is 57.6 Å². The zero-order valence-electron chi connectivity index (χ0n) is 17.2. The molecule has 0 spiro atoms. The Bertz CT molecular complexity index is 990. The number of rotatable bonds is 9. The Kier molecular flexibility index (Phi) is 7.89. The van der Waals surface area contributed by atoms with Crippen LogP contribution in [0, 0.1) is 10.1 Å². The Morgan fingerprint density at radius 1 is 0.935 bits per heavy atom.